The van der Waals surface area contributed by atoms with Crippen LogP contribution in [0.3, 0.4) is 0 Å². The first-order chi connectivity index (χ1) is 6.84. The summed E-state index contributed by atoms with van der Waals surface area (Å²) in [6.07, 6.45) is 1.24. The normalized spacial score (nSPS) is 35.1. The molecule has 1 aromatic carbocycles. The van der Waals surface area contributed by atoms with Crippen LogP contribution in [0, 0.1) is 17.7 Å². The molecule has 2 heteroatoms. The third-order valence-electron chi connectivity index (χ3n) is 3.74. The maximum atomic E-state index is 13.0. The second-order valence-electron chi connectivity index (χ2n) is 4.48. The number of hydrogen-bond acceptors (Lipinski definition) is 1. The van der Waals surface area contributed by atoms with E-state index in [9.17, 15) is 4.39 Å². The molecule has 1 N–H and O–H groups in total. The van der Waals surface area contributed by atoms with Crippen LogP contribution in [0.1, 0.15) is 17.9 Å². The molecule has 1 saturated heterocycles. The Balaban J connectivity index is 1.83. The van der Waals surface area contributed by atoms with Crippen LogP contribution < -0.4 is 5.32 Å². The van der Waals surface area contributed by atoms with Gasteiger partial charge in [0.25, 0.3) is 0 Å². The Morgan fingerprint density at radius 3 is 3.00 bits per heavy atom. The van der Waals surface area contributed by atoms with Crippen LogP contribution in [-0.4, -0.2) is 13.1 Å². The molecular weight excluding hydrogens is 177 g/mol. The van der Waals surface area contributed by atoms with Gasteiger partial charge in [-0.25, -0.2) is 4.39 Å². The maximum Gasteiger partial charge on any atom is 0.123 e. The fourth-order valence-electron chi connectivity index (χ4n) is 2.91. The van der Waals surface area contributed by atoms with Gasteiger partial charge in [0.2, 0.25) is 0 Å². The van der Waals surface area contributed by atoms with E-state index in [1.54, 1.807) is 6.07 Å². The van der Waals surface area contributed by atoms with Crippen LogP contribution in [-0.2, 0) is 0 Å². The van der Waals surface area contributed by atoms with Crippen LogP contribution >= 0.6 is 0 Å². The first-order valence-corrected chi connectivity index (χ1v) is 5.31. The molecule has 1 saturated carbocycles. The highest BCUT2D eigenvalue weighted by atomic mass is 19.1. The monoisotopic (exact) mass is 191 g/mol. The van der Waals surface area contributed by atoms with Crippen molar-refractivity contribution < 1.29 is 4.39 Å². The summed E-state index contributed by atoms with van der Waals surface area (Å²) in [6, 6.07) is 7.09. The summed E-state index contributed by atoms with van der Waals surface area (Å²) in [5, 5.41) is 3.40. The van der Waals surface area contributed by atoms with Crippen molar-refractivity contribution in [3.05, 3.63) is 35.6 Å². The Kier molecular flexibility index (Phi) is 1.84. The number of hydrogen-bond donors (Lipinski definition) is 1. The minimum atomic E-state index is -0.100. The molecule has 2 aliphatic rings. The average molecular weight is 191 g/mol. The molecule has 1 aliphatic heterocycles. The van der Waals surface area contributed by atoms with E-state index in [4.69, 9.17) is 0 Å². The molecule has 1 aromatic rings. The lowest BCUT2D eigenvalue weighted by molar-refractivity contribution is 0.190. The lowest BCUT2D eigenvalue weighted by Gasteiger charge is -2.40. The molecule has 2 fully saturated rings. The Bertz CT molecular complexity index is 350. The molecule has 1 heterocycles. The van der Waals surface area contributed by atoms with Gasteiger partial charge in [0.1, 0.15) is 5.82 Å². The second kappa shape index (κ2) is 3.06. The summed E-state index contributed by atoms with van der Waals surface area (Å²) in [5.41, 5.74) is 1.19. The van der Waals surface area contributed by atoms with Gasteiger partial charge in [-0.3, -0.25) is 0 Å². The average Bonchev–Trinajstić information content (AvgIpc) is 2.48. The van der Waals surface area contributed by atoms with Crippen LogP contribution in [0.15, 0.2) is 24.3 Å². The molecule has 0 bridgehead atoms. The zero-order valence-electron chi connectivity index (χ0n) is 8.04. The predicted octanol–water partition coefficient (Wildman–Crippen LogP) is 2.15. The van der Waals surface area contributed by atoms with Crippen molar-refractivity contribution in [1.82, 2.24) is 5.32 Å². The smallest absolute Gasteiger partial charge is 0.123 e. The quantitative estimate of drug-likeness (QED) is 0.717. The Morgan fingerprint density at radius 2 is 2.21 bits per heavy atom. The van der Waals surface area contributed by atoms with Crippen LogP contribution in [0.2, 0.25) is 0 Å². The first kappa shape index (κ1) is 8.42. The number of nitrogens with one attached hydrogen (secondary N) is 1. The lowest BCUT2D eigenvalue weighted by Crippen LogP contribution is -2.33. The molecule has 3 atom stereocenters. The van der Waals surface area contributed by atoms with E-state index in [1.807, 2.05) is 6.07 Å². The zero-order chi connectivity index (χ0) is 9.54. The summed E-state index contributed by atoms with van der Waals surface area (Å²) in [6.45, 7) is 2.28. The Hall–Kier alpha value is -0.890. The van der Waals surface area contributed by atoms with E-state index >= 15 is 0 Å². The maximum absolute atomic E-state index is 13.0. The van der Waals surface area contributed by atoms with Gasteiger partial charge in [-0.05, 0) is 55.0 Å². The van der Waals surface area contributed by atoms with E-state index in [-0.39, 0.29) is 5.82 Å². The fourth-order valence-corrected chi connectivity index (χ4v) is 2.91. The highest BCUT2D eigenvalue weighted by Crippen LogP contribution is 2.48. The third-order valence-corrected chi connectivity index (χ3v) is 3.74. The van der Waals surface area contributed by atoms with Gasteiger partial charge in [-0.15, -0.1) is 0 Å². The summed E-state index contributed by atoms with van der Waals surface area (Å²) in [5.74, 6) is 2.11. The molecular formula is C12H14FN. The van der Waals surface area contributed by atoms with Crippen LogP contribution in [0.25, 0.3) is 0 Å². The molecule has 3 unspecified atom stereocenters. The van der Waals surface area contributed by atoms with Crippen molar-refractivity contribution in [2.24, 2.45) is 11.8 Å². The van der Waals surface area contributed by atoms with Gasteiger partial charge in [0.15, 0.2) is 0 Å². The largest absolute Gasteiger partial charge is 0.316 e. The van der Waals surface area contributed by atoms with Gasteiger partial charge in [-0.1, -0.05) is 12.1 Å². The number of benzene rings is 1. The van der Waals surface area contributed by atoms with Crippen molar-refractivity contribution in [3.63, 3.8) is 0 Å². The van der Waals surface area contributed by atoms with Gasteiger partial charge in [0.05, 0.1) is 0 Å². The molecule has 3 rings (SSSR count). The third kappa shape index (κ3) is 1.17. The van der Waals surface area contributed by atoms with Crippen molar-refractivity contribution in [2.45, 2.75) is 12.3 Å². The topological polar surface area (TPSA) is 12.0 Å². The Labute approximate surface area is 83.3 Å². The summed E-state index contributed by atoms with van der Waals surface area (Å²) >= 11 is 0. The van der Waals surface area contributed by atoms with Crippen molar-refractivity contribution in [1.29, 1.82) is 0 Å². The molecule has 0 spiro atoms. The first-order valence-electron chi connectivity index (χ1n) is 5.31. The van der Waals surface area contributed by atoms with E-state index in [0.717, 1.165) is 24.9 Å². The van der Waals surface area contributed by atoms with Gasteiger partial charge >= 0.3 is 0 Å². The van der Waals surface area contributed by atoms with Crippen LogP contribution in [0.4, 0.5) is 4.39 Å². The van der Waals surface area contributed by atoms with E-state index in [2.05, 4.69) is 11.4 Å². The lowest BCUT2D eigenvalue weighted by atomic mass is 9.64. The van der Waals surface area contributed by atoms with Crippen molar-refractivity contribution >= 4 is 0 Å². The van der Waals surface area contributed by atoms with E-state index < -0.39 is 0 Å². The summed E-state index contributed by atoms with van der Waals surface area (Å²) in [4.78, 5) is 0. The molecule has 74 valence electrons. The molecule has 0 amide bonds. The summed E-state index contributed by atoms with van der Waals surface area (Å²) in [7, 11) is 0. The SMILES string of the molecule is Fc1cccc(C2CC3CNCC32)c1. The predicted molar refractivity (Wildman–Crippen MR) is 53.6 cm³/mol. The molecule has 0 radical (unpaired) electrons. The molecule has 1 nitrogen and oxygen atoms in total. The second-order valence-corrected chi connectivity index (χ2v) is 4.48. The summed E-state index contributed by atoms with van der Waals surface area (Å²) < 4.78 is 13.0. The molecule has 14 heavy (non-hydrogen) atoms. The van der Waals surface area contributed by atoms with E-state index in [0.29, 0.717) is 5.92 Å². The standard InChI is InChI=1S/C12H14FN/c13-10-3-1-2-8(4-10)11-5-9-6-14-7-12(9)11/h1-4,9,11-12,14H,5-7H2. The number of rotatable bonds is 1. The highest BCUT2D eigenvalue weighted by Gasteiger charge is 2.44. The van der Waals surface area contributed by atoms with Crippen LogP contribution in [0.5, 0.6) is 0 Å². The minimum absolute atomic E-state index is 0.100. The van der Waals surface area contributed by atoms with Gasteiger partial charge < -0.3 is 5.32 Å². The van der Waals surface area contributed by atoms with Gasteiger partial charge in [0, 0.05) is 0 Å². The van der Waals surface area contributed by atoms with Gasteiger partial charge in [-0.2, -0.15) is 0 Å². The number of fused-ring (bicyclic) bond motifs is 1. The highest BCUT2D eigenvalue weighted by molar-refractivity contribution is 5.25. The molecule has 0 aromatic heterocycles. The van der Waals surface area contributed by atoms with Crippen molar-refractivity contribution in [3.8, 4) is 0 Å². The minimum Gasteiger partial charge on any atom is -0.316 e. The Morgan fingerprint density at radius 1 is 1.29 bits per heavy atom. The zero-order valence-corrected chi connectivity index (χ0v) is 8.04. The fraction of sp³-hybridized carbons (Fsp3) is 0.500. The van der Waals surface area contributed by atoms with E-state index in [1.165, 1.54) is 18.1 Å². The van der Waals surface area contributed by atoms with Crippen molar-refractivity contribution in [2.75, 3.05) is 13.1 Å². The molecule has 1 aliphatic carbocycles. The number of halogens is 1.